The van der Waals surface area contributed by atoms with E-state index in [4.69, 9.17) is 9.47 Å². The maximum atomic E-state index is 12.6. The number of methoxy groups -OCH3 is 1. The number of allylic oxidation sites excluding steroid dienone is 1. The van der Waals surface area contributed by atoms with E-state index in [0.717, 1.165) is 22.0 Å². The molecule has 2 aliphatic rings. The Hall–Kier alpha value is -2.54. The van der Waals surface area contributed by atoms with Crippen molar-refractivity contribution in [3.63, 3.8) is 0 Å². The van der Waals surface area contributed by atoms with Crippen molar-refractivity contribution in [2.45, 2.75) is 33.2 Å². The summed E-state index contributed by atoms with van der Waals surface area (Å²) < 4.78 is 10.1. The molecule has 0 unspecified atom stereocenters. The number of esters is 2. The Morgan fingerprint density at radius 2 is 1.93 bits per heavy atom. The van der Waals surface area contributed by atoms with Gasteiger partial charge in [-0.3, -0.25) is 4.79 Å². The number of thioether (sulfide) groups is 1. The van der Waals surface area contributed by atoms with Crippen molar-refractivity contribution in [2.24, 2.45) is 4.99 Å². The lowest BCUT2D eigenvalue weighted by Crippen LogP contribution is -2.37. The summed E-state index contributed by atoms with van der Waals surface area (Å²) in [6.45, 7) is 5.92. The van der Waals surface area contributed by atoms with E-state index >= 15 is 0 Å². The predicted molar refractivity (Wildman–Crippen MR) is 105 cm³/mol. The molecule has 142 valence electrons. The van der Waals surface area contributed by atoms with Gasteiger partial charge < -0.3 is 14.4 Å². The SMILES string of the molecule is CCOC(=O)CC1=CSC2=NC(C)=C(C(=O)OC)[C@H](c3ccc(C)cc3)N12. The molecule has 0 radical (unpaired) electrons. The monoisotopic (exact) mass is 386 g/mol. The van der Waals surface area contributed by atoms with Crippen molar-refractivity contribution in [1.82, 2.24) is 4.90 Å². The molecule has 0 aliphatic carbocycles. The van der Waals surface area contributed by atoms with Crippen molar-refractivity contribution >= 4 is 28.9 Å². The second-order valence-corrected chi connectivity index (χ2v) is 7.11. The van der Waals surface area contributed by atoms with Gasteiger partial charge in [0.2, 0.25) is 0 Å². The zero-order chi connectivity index (χ0) is 19.6. The fourth-order valence-electron chi connectivity index (χ4n) is 3.16. The molecule has 0 saturated carbocycles. The minimum Gasteiger partial charge on any atom is -0.466 e. The highest BCUT2D eigenvalue weighted by atomic mass is 32.2. The van der Waals surface area contributed by atoms with Crippen molar-refractivity contribution in [2.75, 3.05) is 13.7 Å². The molecule has 6 nitrogen and oxygen atoms in total. The Morgan fingerprint density at radius 1 is 1.22 bits per heavy atom. The third-order valence-electron chi connectivity index (χ3n) is 4.43. The van der Waals surface area contributed by atoms with Crippen LogP contribution in [-0.2, 0) is 19.1 Å². The molecule has 0 amide bonds. The van der Waals surface area contributed by atoms with E-state index < -0.39 is 12.0 Å². The predicted octanol–water partition coefficient (Wildman–Crippen LogP) is 3.70. The van der Waals surface area contributed by atoms with Gasteiger partial charge in [0, 0.05) is 5.70 Å². The average molecular weight is 386 g/mol. The number of carbonyl (C=O) groups excluding carboxylic acids is 2. The average Bonchev–Trinajstić information content (AvgIpc) is 3.03. The highest BCUT2D eigenvalue weighted by Crippen LogP contribution is 2.44. The highest BCUT2D eigenvalue weighted by molar-refractivity contribution is 8.16. The molecular formula is C20H22N2O4S. The smallest absolute Gasteiger partial charge is 0.338 e. The molecule has 0 N–H and O–H groups in total. The normalized spacial score (nSPS) is 18.7. The highest BCUT2D eigenvalue weighted by Gasteiger charge is 2.41. The molecule has 1 atom stereocenters. The van der Waals surface area contributed by atoms with Crippen LogP contribution >= 0.6 is 11.8 Å². The van der Waals surface area contributed by atoms with Crippen molar-refractivity contribution < 1.29 is 19.1 Å². The molecule has 7 heteroatoms. The first-order valence-corrected chi connectivity index (χ1v) is 9.59. The van der Waals surface area contributed by atoms with Crippen molar-refractivity contribution in [3.8, 4) is 0 Å². The van der Waals surface area contributed by atoms with Crippen molar-refractivity contribution in [1.29, 1.82) is 0 Å². The van der Waals surface area contributed by atoms with Crippen LogP contribution in [-0.4, -0.2) is 35.7 Å². The van der Waals surface area contributed by atoms with Crippen molar-refractivity contribution in [3.05, 3.63) is 57.8 Å². The van der Waals surface area contributed by atoms with Gasteiger partial charge in [0.1, 0.15) is 0 Å². The first-order valence-electron chi connectivity index (χ1n) is 8.71. The van der Waals surface area contributed by atoms with Crippen LogP contribution in [0.2, 0.25) is 0 Å². The number of amidine groups is 1. The minimum absolute atomic E-state index is 0.121. The summed E-state index contributed by atoms with van der Waals surface area (Å²) in [5, 5.41) is 2.63. The molecule has 0 aromatic heterocycles. The van der Waals surface area contributed by atoms with Gasteiger partial charge in [-0.2, -0.15) is 0 Å². The number of aryl methyl sites for hydroxylation is 1. The van der Waals surface area contributed by atoms with Gasteiger partial charge in [0.25, 0.3) is 0 Å². The number of aliphatic imine (C=N–C) groups is 1. The van der Waals surface area contributed by atoms with Crippen LogP contribution in [0.1, 0.15) is 37.4 Å². The summed E-state index contributed by atoms with van der Waals surface area (Å²) in [5.74, 6) is -0.729. The summed E-state index contributed by atoms with van der Waals surface area (Å²) in [5.41, 5.74) is 3.92. The Balaban J connectivity index is 2.06. The van der Waals surface area contributed by atoms with Gasteiger partial charge in [0.05, 0.1) is 37.4 Å². The summed E-state index contributed by atoms with van der Waals surface area (Å²) >= 11 is 1.44. The third kappa shape index (κ3) is 3.78. The van der Waals surface area contributed by atoms with Crippen LogP contribution in [0.15, 0.2) is 51.6 Å². The second kappa shape index (κ2) is 8.00. The maximum Gasteiger partial charge on any atom is 0.338 e. The van der Waals surface area contributed by atoms with Crippen LogP contribution in [0.25, 0.3) is 0 Å². The second-order valence-electron chi connectivity index (χ2n) is 6.28. The van der Waals surface area contributed by atoms with Gasteiger partial charge in [-0.1, -0.05) is 41.6 Å². The van der Waals surface area contributed by atoms with E-state index in [1.165, 1.54) is 18.9 Å². The lowest BCUT2D eigenvalue weighted by molar-refractivity contribution is -0.142. The molecule has 0 bridgehead atoms. The Kier molecular flexibility index (Phi) is 5.70. The maximum absolute atomic E-state index is 12.6. The molecule has 2 aliphatic heterocycles. The van der Waals surface area contributed by atoms with Gasteiger partial charge in [-0.15, -0.1) is 0 Å². The van der Waals surface area contributed by atoms with E-state index in [1.807, 2.05) is 48.4 Å². The molecular weight excluding hydrogens is 364 g/mol. The molecule has 0 saturated heterocycles. The molecule has 27 heavy (non-hydrogen) atoms. The van der Waals surface area contributed by atoms with Crippen LogP contribution in [0.5, 0.6) is 0 Å². The van der Waals surface area contributed by atoms with Crippen LogP contribution in [0.4, 0.5) is 0 Å². The van der Waals surface area contributed by atoms with Crippen LogP contribution in [0, 0.1) is 6.92 Å². The zero-order valence-corrected chi connectivity index (χ0v) is 16.6. The van der Waals surface area contributed by atoms with E-state index in [1.54, 1.807) is 6.92 Å². The van der Waals surface area contributed by atoms with E-state index in [0.29, 0.717) is 17.9 Å². The minimum atomic E-state index is -0.423. The largest absolute Gasteiger partial charge is 0.466 e. The standard InChI is InChI=1S/C20H22N2O4S/c1-5-26-16(23)10-15-11-27-20-21-13(3)17(19(24)25-4)18(22(15)20)14-8-6-12(2)7-9-14/h6-9,11,18H,5,10H2,1-4H3/t18-/m0/s1. The lowest BCUT2D eigenvalue weighted by Gasteiger charge is -2.36. The molecule has 3 rings (SSSR count). The zero-order valence-electron chi connectivity index (χ0n) is 15.8. The Labute approximate surface area is 162 Å². The number of nitrogens with zero attached hydrogens (tertiary/aromatic N) is 2. The summed E-state index contributed by atoms with van der Waals surface area (Å²) in [7, 11) is 1.36. The third-order valence-corrected chi connectivity index (χ3v) is 5.32. The number of rotatable bonds is 5. The number of hydrogen-bond acceptors (Lipinski definition) is 7. The Bertz CT molecular complexity index is 855. The summed E-state index contributed by atoms with van der Waals surface area (Å²) in [4.78, 5) is 31.1. The number of carbonyl (C=O) groups is 2. The van der Waals surface area contributed by atoms with Crippen LogP contribution < -0.4 is 0 Å². The summed E-state index contributed by atoms with van der Waals surface area (Å²) in [6, 6.07) is 7.58. The first-order chi connectivity index (χ1) is 13.0. The van der Waals surface area contributed by atoms with Gasteiger partial charge in [-0.05, 0) is 31.7 Å². The summed E-state index contributed by atoms with van der Waals surface area (Å²) in [6.07, 6.45) is 0.121. The van der Waals surface area contributed by atoms with E-state index in [-0.39, 0.29) is 12.4 Å². The number of ether oxygens (including phenoxy) is 2. The molecule has 1 aromatic carbocycles. The first kappa shape index (κ1) is 19.2. The lowest BCUT2D eigenvalue weighted by atomic mass is 9.93. The van der Waals surface area contributed by atoms with E-state index in [9.17, 15) is 9.59 Å². The topological polar surface area (TPSA) is 68.2 Å². The number of benzene rings is 1. The fraction of sp³-hybridized carbons (Fsp3) is 0.350. The Morgan fingerprint density at radius 3 is 2.56 bits per heavy atom. The number of fused-ring (bicyclic) bond motifs is 1. The van der Waals surface area contributed by atoms with Gasteiger partial charge >= 0.3 is 11.9 Å². The van der Waals surface area contributed by atoms with Crippen LogP contribution in [0.3, 0.4) is 0 Å². The van der Waals surface area contributed by atoms with Gasteiger partial charge in [-0.25, -0.2) is 9.79 Å². The fourth-order valence-corrected chi connectivity index (χ4v) is 4.13. The van der Waals surface area contributed by atoms with Gasteiger partial charge in [0.15, 0.2) is 5.17 Å². The molecule has 1 aromatic rings. The van der Waals surface area contributed by atoms with E-state index in [2.05, 4.69) is 4.99 Å². The number of hydrogen-bond donors (Lipinski definition) is 0. The quantitative estimate of drug-likeness (QED) is 0.719. The molecule has 0 spiro atoms. The molecule has 2 heterocycles. The molecule has 0 fully saturated rings.